The summed E-state index contributed by atoms with van der Waals surface area (Å²) in [5.41, 5.74) is 0. The molecule has 3 heteroatoms. The smallest absolute Gasteiger partial charge is 0.870 e. The van der Waals surface area contributed by atoms with Crippen molar-refractivity contribution in [3.63, 3.8) is 0 Å². The maximum absolute atomic E-state index is 8.85. The van der Waals surface area contributed by atoms with Crippen LogP contribution in [0.15, 0.2) is 0 Å². The average molecular weight is 202 g/mol. The first-order valence-corrected chi connectivity index (χ1v) is 2.91. The summed E-state index contributed by atoms with van der Waals surface area (Å²) in [5, 5.41) is 8.85. The zero-order chi connectivity index (χ0) is 5.11. The van der Waals surface area contributed by atoms with Crippen molar-refractivity contribution in [2.75, 3.05) is 0 Å². The number of hydrogen-bond acceptors (Lipinski definition) is 2. The second-order valence-corrected chi connectivity index (χ2v) is 2.09. The van der Waals surface area contributed by atoms with Gasteiger partial charge in [-0.1, -0.05) is 25.4 Å². The van der Waals surface area contributed by atoms with Gasteiger partial charge in [0.1, 0.15) is 0 Å². The summed E-state index contributed by atoms with van der Waals surface area (Å²) in [5.74, 6) is 0. The Balaban J connectivity index is 0. The Morgan fingerprint density at radius 2 is 2.00 bits per heavy atom. The minimum Gasteiger partial charge on any atom is -0.870 e. The van der Waals surface area contributed by atoms with Crippen molar-refractivity contribution in [2.24, 2.45) is 0 Å². The molecule has 1 aliphatic rings. The van der Waals surface area contributed by atoms with Crippen LogP contribution in [0, 0.1) is 6.42 Å². The van der Waals surface area contributed by atoms with Gasteiger partial charge in [0, 0.05) is 0 Å². The van der Waals surface area contributed by atoms with Gasteiger partial charge in [-0.15, -0.1) is 0 Å². The van der Waals surface area contributed by atoms with Crippen LogP contribution in [-0.4, -0.2) is 16.7 Å². The van der Waals surface area contributed by atoms with E-state index < -0.39 is 0 Å². The van der Waals surface area contributed by atoms with E-state index >= 15 is 0 Å². The van der Waals surface area contributed by atoms with Crippen molar-refractivity contribution in [1.82, 2.24) is 0 Å². The third-order valence-electron chi connectivity index (χ3n) is 1.39. The van der Waals surface area contributed by atoms with Crippen LogP contribution in [-0.2, 0) is 0 Å². The maximum atomic E-state index is 8.85. The predicted octanol–water partition coefficient (Wildman–Crippen LogP) is -2.05. The molecule has 1 aliphatic carbocycles. The molecule has 1 saturated carbocycles. The molecular weight excluding hydrogens is 190 g/mol. The largest absolute Gasteiger partial charge is 1.00 e. The Bertz CT molecular complexity index is 53.0. The Morgan fingerprint density at radius 3 is 2.22 bits per heavy atom. The Labute approximate surface area is 105 Å². The van der Waals surface area contributed by atoms with Gasteiger partial charge >= 0.3 is 58.2 Å². The van der Waals surface area contributed by atoms with Crippen LogP contribution in [0.2, 0.25) is 0 Å². The van der Waals surface area contributed by atoms with Gasteiger partial charge in [0.05, 0.1) is 0 Å². The first-order chi connectivity index (χ1) is 3.39. The van der Waals surface area contributed by atoms with E-state index in [4.69, 9.17) is 5.11 Å². The maximum Gasteiger partial charge on any atom is 1.00 e. The molecule has 0 heterocycles. The van der Waals surface area contributed by atoms with E-state index in [1.165, 1.54) is 12.8 Å². The van der Waals surface area contributed by atoms with Crippen molar-refractivity contribution in [1.29, 1.82) is 0 Å². The Hall–Kier alpha value is 1.73. The molecule has 0 aromatic carbocycles. The molecule has 1 atom stereocenters. The summed E-state index contributed by atoms with van der Waals surface area (Å²) < 4.78 is 0. The molecule has 0 saturated heterocycles. The van der Waals surface area contributed by atoms with E-state index in [9.17, 15) is 0 Å². The van der Waals surface area contributed by atoms with Crippen LogP contribution in [0.25, 0.3) is 0 Å². The van der Waals surface area contributed by atoms with Gasteiger partial charge in [0.25, 0.3) is 0 Å². The molecule has 0 radical (unpaired) electrons. The summed E-state index contributed by atoms with van der Waals surface area (Å²) in [6, 6.07) is 0. The van der Waals surface area contributed by atoms with Gasteiger partial charge in [-0.05, 0) is 0 Å². The quantitative estimate of drug-likeness (QED) is 0.459. The minimum atomic E-state index is -0.0891. The fourth-order valence-corrected chi connectivity index (χ4v) is 0.926. The molecule has 1 rings (SSSR count). The first kappa shape index (κ1) is 13.3. The molecule has 1 fully saturated rings. The summed E-state index contributed by atoms with van der Waals surface area (Å²) in [6.07, 6.45) is 6.48. The van der Waals surface area contributed by atoms with Gasteiger partial charge in [-0.3, -0.25) is 0 Å². The fourth-order valence-electron chi connectivity index (χ4n) is 0.926. The Kier molecular flexibility index (Phi) is 11.6. The average Bonchev–Trinajstić information content (AvgIpc) is 1.69. The van der Waals surface area contributed by atoms with Gasteiger partial charge in [0.2, 0.25) is 0 Å². The van der Waals surface area contributed by atoms with Crippen molar-refractivity contribution < 1.29 is 68.8 Å². The van der Waals surface area contributed by atoms with Gasteiger partial charge < -0.3 is 17.0 Å². The molecule has 0 aromatic rings. The van der Waals surface area contributed by atoms with Gasteiger partial charge in [-0.2, -0.15) is 6.42 Å². The number of aliphatic hydroxyl groups excluding tert-OH is 1. The first-order valence-electron chi connectivity index (χ1n) is 2.91. The second-order valence-electron chi connectivity index (χ2n) is 2.09. The molecular formula is C6H12O2Rb-. The third-order valence-corrected chi connectivity index (χ3v) is 1.39. The van der Waals surface area contributed by atoms with Crippen LogP contribution in [0.3, 0.4) is 0 Å². The van der Waals surface area contributed by atoms with Crippen molar-refractivity contribution in [3.05, 3.63) is 6.42 Å². The van der Waals surface area contributed by atoms with Gasteiger partial charge in [0.15, 0.2) is 0 Å². The second kappa shape index (κ2) is 7.83. The van der Waals surface area contributed by atoms with Crippen LogP contribution in [0.1, 0.15) is 25.7 Å². The molecule has 0 aliphatic heterocycles. The fraction of sp³-hybridized carbons (Fsp3) is 0.833. The third kappa shape index (κ3) is 6.14. The number of rotatable bonds is 0. The van der Waals surface area contributed by atoms with Crippen molar-refractivity contribution >= 4 is 0 Å². The molecule has 0 bridgehead atoms. The van der Waals surface area contributed by atoms with E-state index in [0.29, 0.717) is 0 Å². The normalized spacial score (nSPS) is 25.7. The van der Waals surface area contributed by atoms with Crippen LogP contribution < -0.4 is 58.2 Å². The van der Waals surface area contributed by atoms with Crippen molar-refractivity contribution in [3.8, 4) is 0 Å². The van der Waals surface area contributed by atoms with Crippen LogP contribution in [0.4, 0.5) is 0 Å². The standard InChI is InChI=1S/C6H11O.H2O.Rb/c7-6-4-2-1-3-5-6;;/h4,6-7H,1-3,5H2;1H2;/q-1;;+1/p-1. The molecule has 2 nitrogen and oxygen atoms in total. The van der Waals surface area contributed by atoms with Crippen LogP contribution in [0.5, 0.6) is 0 Å². The van der Waals surface area contributed by atoms with E-state index in [2.05, 4.69) is 0 Å². The molecule has 0 aromatic heterocycles. The monoisotopic (exact) mass is 201 g/mol. The molecule has 9 heavy (non-hydrogen) atoms. The van der Waals surface area contributed by atoms with E-state index in [1.54, 1.807) is 0 Å². The predicted molar refractivity (Wildman–Crippen MR) is 30.7 cm³/mol. The molecule has 0 spiro atoms. The summed E-state index contributed by atoms with van der Waals surface area (Å²) >= 11 is 0. The van der Waals surface area contributed by atoms with E-state index in [1.807, 2.05) is 6.42 Å². The zero-order valence-electron chi connectivity index (χ0n) is 5.88. The van der Waals surface area contributed by atoms with E-state index in [0.717, 1.165) is 12.8 Å². The van der Waals surface area contributed by atoms with Crippen molar-refractivity contribution in [2.45, 2.75) is 31.8 Å². The summed E-state index contributed by atoms with van der Waals surface area (Å²) in [7, 11) is 0. The minimum absolute atomic E-state index is 0. The van der Waals surface area contributed by atoms with E-state index in [-0.39, 0.29) is 69.8 Å². The summed E-state index contributed by atoms with van der Waals surface area (Å²) in [4.78, 5) is 0. The number of hydrogen-bond donors (Lipinski definition) is 1. The molecule has 0 amide bonds. The Morgan fingerprint density at radius 1 is 1.33 bits per heavy atom. The SMILES string of the molecule is OC1[CH-]CCCC1.[OH-].[Rb+]. The summed E-state index contributed by atoms with van der Waals surface area (Å²) in [6.45, 7) is 0. The molecule has 2 N–H and O–H groups in total. The number of aliphatic hydroxyl groups is 1. The molecule has 50 valence electrons. The zero-order valence-corrected chi connectivity index (χ0v) is 10.8. The van der Waals surface area contributed by atoms with Gasteiger partial charge in [-0.25, -0.2) is 0 Å². The topological polar surface area (TPSA) is 50.2 Å². The van der Waals surface area contributed by atoms with Crippen LogP contribution >= 0.6 is 0 Å². The molecule has 1 unspecified atom stereocenters.